The summed E-state index contributed by atoms with van der Waals surface area (Å²) in [6.07, 6.45) is -0.299. The van der Waals surface area contributed by atoms with Gasteiger partial charge in [0.05, 0.1) is 0 Å². The van der Waals surface area contributed by atoms with Gasteiger partial charge in [0.25, 0.3) is 0 Å². The molecule has 2 heterocycles. The van der Waals surface area contributed by atoms with Crippen molar-refractivity contribution in [2.24, 2.45) is 9.98 Å². The van der Waals surface area contributed by atoms with Crippen molar-refractivity contribution < 1.29 is 4.42 Å². The molecule has 4 nitrogen and oxygen atoms in total. The molecule has 0 fully saturated rings. The largest absolute Gasteiger partial charge is 0.456 e. The Bertz CT molecular complexity index is 2830. The lowest BCUT2D eigenvalue weighted by Crippen LogP contribution is -2.33. The maximum atomic E-state index is 6.61. The highest BCUT2D eigenvalue weighted by atomic mass is 16.3. The zero-order valence-electron chi connectivity index (χ0n) is 27.6. The number of rotatable bonds is 5. The molecule has 1 atom stereocenters. The Morgan fingerprint density at radius 3 is 1.94 bits per heavy atom. The van der Waals surface area contributed by atoms with Crippen molar-refractivity contribution in [2.75, 3.05) is 0 Å². The lowest BCUT2D eigenvalue weighted by molar-refractivity contribution is 0.668. The maximum Gasteiger partial charge on any atom is 0.159 e. The van der Waals surface area contributed by atoms with Crippen LogP contribution in [0, 0.1) is 0 Å². The van der Waals surface area contributed by atoms with Crippen molar-refractivity contribution in [3.05, 3.63) is 193 Å². The summed E-state index contributed by atoms with van der Waals surface area (Å²) in [6.45, 7) is 0. The van der Waals surface area contributed by atoms with Gasteiger partial charge in [-0.25, -0.2) is 9.98 Å². The van der Waals surface area contributed by atoms with Crippen LogP contribution in [-0.2, 0) is 0 Å². The second kappa shape index (κ2) is 12.0. The SMILES string of the molecule is c1ccc(-c2ccc(-c3ccc4c(c3)oc3cccc(C5=NC(c6ccc7ccccc7c6)=NC(c6ccccc6)N5)c34)c3ccccc23)cc1. The van der Waals surface area contributed by atoms with Crippen molar-refractivity contribution in [3.63, 3.8) is 0 Å². The molecule has 51 heavy (non-hydrogen) atoms. The summed E-state index contributed by atoms with van der Waals surface area (Å²) in [4.78, 5) is 10.3. The molecule has 1 N–H and O–H groups in total. The molecule has 0 amide bonds. The standard InChI is InChI=1S/C47H31N3O/c1-3-13-31(14-4-1)36-26-27-37(39-19-10-9-18-38(36)39)34-24-25-40-43(29-34)51-42-21-11-20-41(44(40)42)47-49-45(32-15-5-2-6-16-32)48-46(50-47)35-23-22-30-12-7-8-17-33(30)28-35/h1-29,45H,(H,48,49,50). The highest BCUT2D eigenvalue weighted by Crippen LogP contribution is 2.39. The molecule has 9 aromatic rings. The first-order valence-corrected chi connectivity index (χ1v) is 17.3. The van der Waals surface area contributed by atoms with E-state index >= 15 is 0 Å². The number of nitrogens with zero attached hydrogens (tertiary/aromatic N) is 2. The van der Waals surface area contributed by atoms with E-state index < -0.39 is 0 Å². The fourth-order valence-electron chi connectivity index (χ4n) is 7.46. The zero-order valence-corrected chi connectivity index (χ0v) is 27.6. The number of hydrogen-bond acceptors (Lipinski definition) is 4. The summed E-state index contributed by atoms with van der Waals surface area (Å²) in [5, 5.41) is 10.5. The van der Waals surface area contributed by atoms with Crippen LogP contribution < -0.4 is 5.32 Å². The summed E-state index contributed by atoms with van der Waals surface area (Å²) in [5.41, 5.74) is 9.41. The molecule has 0 radical (unpaired) electrons. The lowest BCUT2D eigenvalue weighted by Gasteiger charge is -2.24. The van der Waals surface area contributed by atoms with Crippen molar-refractivity contribution in [2.45, 2.75) is 6.17 Å². The molecule has 8 aromatic carbocycles. The van der Waals surface area contributed by atoms with Gasteiger partial charge in [-0.15, -0.1) is 0 Å². The Labute approximate surface area is 295 Å². The van der Waals surface area contributed by atoms with Gasteiger partial charge in [-0.05, 0) is 73.6 Å². The van der Waals surface area contributed by atoms with Gasteiger partial charge < -0.3 is 9.73 Å². The predicted molar refractivity (Wildman–Crippen MR) is 211 cm³/mol. The lowest BCUT2D eigenvalue weighted by atomic mass is 9.92. The third-order valence-electron chi connectivity index (χ3n) is 9.94. The maximum absolute atomic E-state index is 6.61. The van der Waals surface area contributed by atoms with E-state index in [0.717, 1.165) is 55.4 Å². The first-order valence-electron chi connectivity index (χ1n) is 17.3. The second-order valence-corrected chi connectivity index (χ2v) is 13.0. The number of hydrogen-bond donors (Lipinski definition) is 1. The molecular formula is C47H31N3O. The average molecular weight is 654 g/mol. The number of nitrogens with one attached hydrogen (secondary N) is 1. The van der Waals surface area contributed by atoms with E-state index in [1.807, 2.05) is 30.3 Å². The molecule has 0 spiro atoms. The molecule has 1 unspecified atom stereocenters. The Morgan fingerprint density at radius 2 is 1.14 bits per heavy atom. The number of fused-ring (bicyclic) bond motifs is 5. The van der Waals surface area contributed by atoms with E-state index in [9.17, 15) is 0 Å². The van der Waals surface area contributed by atoms with Crippen LogP contribution in [0.2, 0.25) is 0 Å². The summed E-state index contributed by atoms with van der Waals surface area (Å²) in [6, 6.07) is 61.6. The molecule has 10 rings (SSSR count). The highest BCUT2D eigenvalue weighted by molar-refractivity contribution is 6.22. The van der Waals surface area contributed by atoms with Gasteiger partial charge >= 0.3 is 0 Å². The zero-order chi connectivity index (χ0) is 33.7. The molecule has 0 bridgehead atoms. The molecule has 240 valence electrons. The molecule has 1 aliphatic heterocycles. The van der Waals surface area contributed by atoms with E-state index in [1.54, 1.807) is 0 Å². The fourth-order valence-corrected chi connectivity index (χ4v) is 7.46. The van der Waals surface area contributed by atoms with Crippen LogP contribution >= 0.6 is 0 Å². The topological polar surface area (TPSA) is 49.9 Å². The molecule has 0 saturated heterocycles. The molecule has 0 saturated carbocycles. The third kappa shape index (κ3) is 5.08. The second-order valence-electron chi connectivity index (χ2n) is 13.0. The summed E-state index contributed by atoms with van der Waals surface area (Å²) in [7, 11) is 0. The Morgan fingerprint density at radius 1 is 0.451 bits per heavy atom. The van der Waals surface area contributed by atoms with E-state index in [-0.39, 0.29) is 6.17 Å². The van der Waals surface area contributed by atoms with Crippen LogP contribution in [0.15, 0.2) is 190 Å². The molecule has 1 aromatic heterocycles. The minimum absolute atomic E-state index is 0.299. The van der Waals surface area contributed by atoms with Gasteiger partial charge in [-0.1, -0.05) is 152 Å². The average Bonchev–Trinajstić information content (AvgIpc) is 3.59. The number of amidine groups is 2. The minimum atomic E-state index is -0.299. The molecule has 4 heteroatoms. The third-order valence-corrected chi connectivity index (χ3v) is 9.94. The van der Waals surface area contributed by atoms with Gasteiger partial charge in [-0.2, -0.15) is 0 Å². The van der Waals surface area contributed by atoms with Crippen LogP contribution in [0.3, 0.4) is 0 Å². The van der Waals surface area contributed by atoms with Crippen LogP contribution in [-0.4, -0.2) is 11.7 Å². The van der Waals surface area contributed by atoms with E-state index in [2.05, 4.69) is 151 Å². The van der Waals surface area contributed by atoms with Gasteiger partial charge in [0.1, 0.15) is 23.2 Å². The van der Waals surface area contributed by atoms with Gasteiger partial charge in [-0.3, -0.25) is 0 Å². The number of aliphatic imine (C=N–C) groups is 2. The Balaban J connectivity index is 1.10. The van der Waals surface area contributed by atoms with Gasteiger partial charge in [0.2, 0.25) is 0 Å². The minimum Gasteiger partial charge on any atom is -0.456 e. The van der Waals surface area contributed by atoms with E-state index in [4.69, 9.17) is 14.4 Å². The quantitative estimate of drug-likeness (QED) is 0.201. The molecular weight excluding hydrogens is 623 g/mol. The van der Waals surface area contributed by atoms with Crippen LogP contribution in [0.5, 0.6) is 0 Å². The number of furan rings is 1. The van der Waals surface area contributed by atoms with Crippen LogP contribution in [0.25, 0.3) is 65.7 Å². The summed E-state index contributed by atoms with van der Waals surface area (Å²) >= 11 is 0. The first-order chi connectivity index (χ1) is 25.3. The van der Waals surface area contributed by atoms with Crippen molar-refractivity contribution in [1.29, 1.82) is 0 Å². The van der Waals surface area contributed by atoms with Crippen molar-refractivity contribution in [1.82, 2.24) is 5.32 Å². The highest BCUT2D eigenvalue weighted by Gasteiger charge is 2.24. The van der Waals surface area contributed by atoms with E-state index in [0.29, 0.717) is 5.84 Å². The van der Waals surface area contributed by atoms with Gasteiger partial charge in [0, 0.05) is 21.9 Å². The smallest absolute Gasteiger partial charge is 0.159 e. The van der Waals surface area contributed by atoms with Crippen LogP contribution in [0.1, 0.15) is 22.9 Å². The van der Waals surface area contributed by atoms with Crippen LogP contribution in [0.4, 0.5) is 0 Å². The summed E-state index contributed by atoms with van der Waals surface area (Å²) in [5.74, 6) is 1.46. The summed E-state index contributed by atoms with van der Waals surface area (Å²) < 4.78 is 6.61. The molecule has 1 aliphatic rings. The van der Waals surface area contributed by atoms with Crippen molar-refractivity contribution >= 4 is 55.2 Å². The number of benzene rings is 8. The monoisotopic (exact) mass is 653 g/mol. The fraction of sp³-hybridized carbons (Fsp3) is 0.0213. The van der Waals surface area contributed by atoms with Crippen molar-refractivity contribution in [3.8, 4) is 22.3 Å². The Kier molecular flexibility index (Phi) is 6.85. The van der Waals surface area contributed by atoms with Gasteiger partial charge in [0.15, 0.2) is 5.84 Å². The predicted octanol–water partition coefficient (Wildman–Crippen LogP) is 11.7. The first kappa shape index (κ1) is 29.2. The Hall–Kier alpha value is -6.78. The van der Waals surface area contributed by atoms with E-state index in [1.165, 1.54) is 32.8 Å². The molecule has 0 aliphatic carbocycles. The normalized spacial score (nSPS) is 14.5.